The summed E-state index contributed by atoms with van der Waals surface area (Å²) >= 11 is 0. The van der Waals surface area contributed by atoms with E-state index in [9.17, 15) is 14.7 Å². The van der Waals surface area contributed by atoms with Crippen LogP contribution in [0.5, 0.6) is 5.75 Å². The van der Waals surface area contributed by atoms with Gasteiger partial charge in [-0.3, -0.25) is 23.9 Å². The van der Waals surface area contributed by atoms with Gasteiger partial charge in [-0.25, -0.2) is 0 Å². The SMILES string of the molecule is O=C(NCc1cccc(O)c1)c1cn(CCCCn2cc(C(=O)NCc3cc(C4CC4)ccn3)nn2)nn1. The largest absolute Gasteiger partial charge is 0.508 e. The fourth-order valence-electron chi connectivity index (χ4n) is 4.04. The molecule has 0 radical (unpaired) electrons. The second-order valence-corrected chi connectivity index (χ2v) is 9.33. The molecule has 3 N–H and O–H groups in total. The molecule has 1 saturated carbocycles. The summed E-state index contributed by atoms with van der Waals surface area (Å²) in [6.07, 6.45) is 9.02. The van der Waals surface area contributed by atoms with Gasteiger partial charge in [-0.15, -0.1) is 10.2 Å². The monoisotopic (exact) mass is 515 g/mol. The first-order chi connectivity index (χ1) is 18.5. The molecule has 12 nitrogen and oxygen atoms in total. The molecule has 4 aromatic rings. The molecule has 196 valence electrons. The number of aromatic nitrogens is 7. The van der Waals surface area contributed by atoms with Crippen molar-refractivity contribution in [3.8, 4) is 5.75 Å². The predicted octanol–water partition coefficient (Wildman–Crippen LogP) is 2.19. The first-order valence-corrected chi connectivity index (χ1v) is 12.6. The van der Waals surface area contributed by atoms with Crippen molar-refractivity contribution < 1.29 is 14.7 Å². The Morgan fingerprint density at radius 2 is 1.55 bits per heavy atom. The summed E-state index contributed by atoms with van der Waals surface area (Å²) < 4.78 is 3.26. The lowest BCUT2D eigenvalue weighted by Gasteiger charge is -2.04. The van der Waals surface area contributed by atoms with Crippen molar-refractivity contribution in [2.45, 2.75) is 57.8 Å². The van der Waals surface area contributed by atoms with Gasteiger partial charge in [0.1, 0.15) is 5.75 Å². The van der Waals surface area contributed by atoms with E-state index in [1.54, 1.807) is 46.2 Å². The third-order valence-corrected chi connectivity index (χ3v) is 6.25. The van der Waals surface area contributed by atoms with Gasteiger partial charge in [0.05, 0.1) is 24.6 Å². The summed E-state index contributed by atoms with van der Waals surface area (Å²) in [5.74, 6) is 0.169. The molecule has 3 aromatic heterocycles. The van der Waals surface area contributed by atoms with Gasteiger partial charge in [0.15, 0.2) is 11.4 Å². The number of amides is 2. The van der Waals surface area contributed by atoms with Gasteiger partial charge >= 0.3 is 0 Å². The van der Waals surface area contributed by atoms with Crippen molar-refractivity contribution in [3.05, 3.63) is 83.2 Å². The minimum atomic E-state index is -0.334. The van der Waals surface area contributed by atoms with Gasteiger partial charge in [-0.1, -0.05) is 22.6 Å². The minimum absolute atomic E-state index is 0.149. The molecule has 1 aromatic carbocycles. The maximum Gasteiger partial charge on any atom is 0.273 e. The molecule has 0 aliphatic heterocycles. The number of unbranched alkanes of at least 4 members (excludes halogenated alkanes) is 1. The molecule has 0 bridgehead atoms. The van der Waals surface area contributed by atoms with Crippen LogP contribution in [0.25, 0.3) is 0 Å². The zero-order chi connectivity index (χ0) is 26.3. The van der Waals surface area contributed by atoms with Crippen LogP contribution in [0.1, 0.15) is 69.4 Å². The van der Waals surface area contributed by atoms with E-state index in [1.807, 2.05) is 12.1 Å². The molecular formula is C26H29N9O3. The van der Waals surface area contributed by atoms with E-state index in [0.717, 1.165) is 24.1 Å². The van der Waals surface area contributed by atoms with E-state index >= 15 is 0 Å². The average molecular weight is 516 g/mol. The zero-order valence-corrected chi connectivity index (χ0v) is 20.8. The number of aromatic hydroxyl groups is 1. The molecular weight excluding hydrogens is 486 g/mol. The second-order valence-electron chi connectivity index (χ2n) is 9.33. The molecule has 0 spiro atoms. The molecule has 12 heteroatoms. The first-order valence-electron chi connectivity index (χ1n) is 12.6. The van der Waals surface area contributed by atoms with Crippen molar-refractivity contribution in [2.24, 2.45) is 0 Å². The number of phenolic OH excluding ortho intramolecular Hbond substituents is 1. The molecule has 3 heterocycles. The van der Waals surface area contributed by atoms with Gasteiger partial charge in [-0.05, 0) is 67.0 Å². The first kappa shape index (κ1) is 25.1. The van der Waals surface area contributed by atoms with Gasteiger partial charge in [-0.2, -0.15) is 0 Å². The molecule has 0 atom stereocenters. The highest BCUT2D eigenvalue weighted by Crippen LogP contribution is 2.39. The number of nitrogens with one attached hydrogen (secondary N) is 2. The number of hydrogen-bond donors (Lipinski definition) is 3. The van der Waals surface area contributed by atoms with Crippen LogP contribution >= 0.6 is 0 Å². The number of carbonyl (C=O) groups excluding carboxylic acids is 2. The van der Waals surface area contributed by atoms with Crippen LogP contribution in [0, 0.1) is 0 Å². The van der Waals surface area contributed by atoms with Crippen LogP contribution in [-0.4, -0.2) is 51.9 Å². The van der Waals surface area contributed by atoms with Crippen LogP contribution < -0.4 is 10.6 Å². The molecule has 0 saturated heterocycles. The zero-order valence-electron chi connectivity index (χ0n) is 20.8. The summed E-state index contributed by atoms with van der Waals surface area (Å²) in [6.45, 7) is 1.81. The molecule has 0 unspecified atom stereocenters. The number of benzene rings is 1. The van der Waals surface area contributed by atoms with Crippen molar-refractivity contribution in [1.29, 1.82) is 0 Å². The average Bonchev–Trinajstić information content (AvgIpc) is 3.48. The smallest absolute Gasteiger partial charge is 0.273 e. The summed E-state index contributed by atoms with van der Waals surface area (Å²) in [5, 5.41) is 31.1. The third-order valence-electron chi connectivity index (χ3n) is 6.25. The fourth-order valence-corrected chi connectivity index (χ4v) is 4.04. The molecule has 1 aliphatic rings. The van der Waals surface area contributed by atoms with Crippen LogP contribution in [0.15, 0.2) is 55.0 Å². The fraction of sp³-hybridized carbons (Fsp3) is 0.346. The maximum atomic E-state index is 12.5. The highest BCUT2D eigenvalue weighted by molar-refractivity contribution is 5.92. The number of hydrogen-bond acceptors (Lipinski definition) is 8. The van der Waals surface area contributed by atoms with Gasteiger partial charge < -0.3 is 15.7 Å². The van der Waals surface area contributed by atoms with E-state index in [1.165, 1.54) is 18.4 Å². The number of carbonyl (C=O) groups is 2. The third kappa shape index (κ3) is 6.78. The van der Waals surface area contributed by atoms with Gasteiger partial charge in [0.25, 0.3) is 11.8 Å². The van der Waals surface area contributed by atoms with Crippen LogP contribution in [-0.2, 0) is 26.2 Å². The lowest BCUT2D eigenvalue weighted by Crippen LogP contribution is -2.23. The Morgan fingerprint density at radius 3 is 2.18 bits per heavy atom. The van der Waals surface area contributed by atoms with Crippen molar-refractivity contribution >= 4 is 11.8 Å². The molecule has 38 heavy (non-hydrogen) atoms. The summed E-state index contributed by atoms with van der Waals surface area (Å²) in [7, 11) is 0. The Hall–Kier alpha value is -4.61. The predicted molar refractivity (Wildman–Crippen MR) is 136 cm³/mol. The maximum absolute atomic E-state index is 12.5. The Balaban J connectivity index is 1.01. The summed E-state index contributed by atoms with van der Waals surface area (Å²) in [5.41, 5.74) is 3.40. The number of aryl methyl sites for hydroxylation is 2. The van der Waals surface area contributed by atoms with Crippen molar-refractivity contribution in [2.75, 3.05) is 0 Å². The number of nitrogens with zero attached hydrogens (tertiary/aromatic N) is 7. The van der Waals surface area contributed by atoms with Crippen LogP contribution in [0.4, 0.5) is 0 Å². The highest BCUT2D eigenvalue weighted by Gasteiger charge is 2.23. The van der Waals surface area contributed by atoms with E-state index in [-0.39, 0.29) is 35.5 Å². The second kappa shape index (κ2) is 11.6. The van der Waals surface area contributed by atoms with E-state index in [0.29, 0.717) is 25.6 Å². The van der Waals surface area contributed by atoms with E-state index in [4.69, 9.17) is 0 Å². The normalized spacial score (nSPS) is 12.8. The highest BCUT2D eigenvalue weighted by atomic mass is 16.3. The lowest BCUT2D eigenvalue weighted by atomic mass is 10.1. The van der Waals surface area contributed by atoms with Crippen LogP contribution in [0.3, 0.4) is 0 Å². The van der Waals surface area contributed by atoms with E-state index < -0.39 is 0 Å². The Labute approximate surface area is 219 Å². The number of phenols is 1. The quantitative estimate of drug-likeness (QED) is 0.243. The minimum Gasteiger partial charge on any atom is -0.508 e. The molecule has 2 amide bonds. The standard InChI is InChI=1S/C26H29N9O3/c36-22-5-3-4-18(12-22)14-28-25(37)23-16-34(32-30-23)10-1-2-11-35-17-24(31-33-35)26(38)29-15-21-13-20(8-9-27-21)19-6-7-19/h3-5,8-9,12-13,16-17,19,36H,1-2,6-7,10-11,14-15H2,(H,28,37)(H,29,38). The van der Waals surface area contributed by atoms with Crippen LogP contribution in [0.2, 0.25) is 0 Å². The molecule has 1 fully saturated rings. The van der Waals surface area contributed by atoms with Gasteiger partial charge in [0, 0.05) is 25.8 Å². The Kier molecular flexibility index (Phi) is 7.67. The topological polar surface area (TPSA) is 153 Å². The van der Waals surface area contributed by atoms with Crippen molar-refractivity contribution in [3.63, 3.8) is 0 Å². The van der Waals surface area contributed by atoms with E-state index in [2.05, 4.69) is 42.3 Å². The summed E-state index contributed by atoms with van der Waals surface area (Å²) in [4.78, 5) is 29.1. The number of pyridine rings is 1. The van der Waals surface area contributed by atoms with Gasteiger partial charge in [0.2, 0.25) is 0 Å². The Morgan fingerprint density at radius 1 is 0.895 bits per heavy atom. The Bertz CT molecular complexity index is 1410. The number of rotatable bonds is 12. The van der Waals surface area contributed by atoms with Crippen molar-refractivity contribution in [1.82, 2.24) is 45.6 Å². The molecule has 5 rings (SSSR count). The summed E-state index contributed by atoms with van der Waals surface area (Å²) in [6, 6.07) is 10.8. The molecule has 1 aliphatic carbocycles. The lowest BCUT2D eigenvalue weighted by molar-refractivity contribution is 0.0937.